The van der Waals surface area contributed by atoms with Gasteiger partial charge in [0.05, 0.1) is 10.6 Å². The standard InChI is InChI=1S/C12H8N2O6/c1-7(15)20-10-3-2-8(6-9(10)14(18)19)13-11(16)4-5-12(13)17/h2-6H,1H3. The summed E-state index contributed by atoms with van der Waals surface area (Å²) in [7, 11) is 0. The molecule has 0 N–H and O–H groups in total. The molecule has 0 spiro atoms. The van der Waals surface area contributed by atoms with Crippen LogP contribution in [-0.2, 0) is 14.4 Å². The highest BCUT2D eigenvalue weighted by Gasteiger charge is 2.28. The van der Waals surface area contributed by atoms with Crippen LogP contribution in [0.25, 0.3) is 0 Å². The van der Waals surface area contributed by atoms with Crippen LogP contribution in [0.2, 0.25) is 0 Å². The van der Waals surface area contributed by atoms with Crippen molar-refractivity contribution in [2.24, 2.45) is 0 Å². The molecule has 1 aliphatic heterocycles. The van der Waals surface area contributed by atoms with E-state index in [-0.39, 0.29) is 11.4 Å². The summed E-state index contributed by atoms with van der Waals surface area (Å²) in [5.74, 6) is -2.15. The molecule has 8 heteroatoms. The summed E-state index contributed by atoms with van der Waals surface area (Å²) >= 11 is 0. The van der Waals surface area contributed by atoms with Crippen LogP contribution in [0.3, 0.4) is 0 Å². The number of ether oxygens (including phenoxy) is 1. The minimum Gasteiger partial charge on any atom is -0.419 e. The summed E-state index contributed by atoms with van der Waals surface area (Å²) in [6, 6.07) is 3.45. The summed E-state index contributed by atoms with van der Waals surface area (Å²) in [5, 5.41) is 10.9. The molecule has 1 aromatic carbocycles. The lowest BCUT2D eigenvalue weighted by Gasteiger charge is -2.14. The van der Waals surface area contributed by atoms with Crippen molar-refractivity contribution in [3.05, 3.63) is 40.5 Å². The maximum atomic E-state index is 11.5. The van der Waals surface area contributed by atoms with Crippen LogP contribution in [0.5, 0.6) is 5.75 Å². The van der Waals surface area contributed by atoms with Gasteiger partial charge in [-0.25, -0.2) is 4.90 Å². The van der Waals surface area contributed by atoms with Crippen molar-refractivity contribution in [2.45, 2.75) is 6.92 Å². The van der Waals surface area contributed by atoms with Gasteiger partial charge in [0.15, 0.2) is 0 Å². The fourth-order valence-electron chi connectivity index (χ4n) is 1.68. The molecular formula is C12H8N2O6. The van der Waals surface area contributed by atoms with Crippen molar-refractivity contribution in [3.8, 4) is 5.75 Å². The predicted octanol–water partition coefficient (Wildman–Crippen LogP) is 0.949. The van der Waals surface area contributed by atoms with Crippen LogP contribution in [0, 0.1) is 10.1 Å². The van der Waals surface area contributed by atoms with Gasteiger partial charge in [0.25, 0.3) is 11.8 Å². The van der Waals surface area contributed by atoms with E-state index >= 15 is 0 Å². The van der Waals surface area contributed by atoms with Crippen molar-refractivity contribution in [1.82, 2.24) is 0 Å². The zero-order chi connectivity index (χ0) is 14.9. The Labute approximate surface area is 112 Å². The molecule has 1 aromatic rings. The molecule has 2 rings (SSSR count). The molecule has 102 valence electrons. The maximum absolute atomic E-state index is 11.5. The van der Waals surface area contributed by atoms with Gasteiger partial charge in [0.1, 0.15) is 0 Å². The van der Waals surface area contributed by atoms with Crippen LogP contribution >= 0.6 is 0 Å². The Morgan fingerprint density at radius 1 is 1.25 bits per heavy atom. The Balaban J connectivity index is 2.45. The highest BCUT2D eigenvalue weighted by atomic mass is 16.6. The number of benzene rings is 1. The Kier molecular flexibility index (Phi) is 3.30. The summed E-state index contributed by atoms with van der Waals surface area (Å²) in [6.45, 7) is 1.11. The Hall–Kier alpha value is -3.03. The van der Waals surface area contributed by atoms with E-state index in [1.54, 1.807) is 0 Å². The van der Waals surface area contributed by atoms with Crippen LogP contribution in [0.1, 0.15) is 6.92 Å². The van der Waals surface area contributed by atoms with Crippen molar-refractivity contribution in [3.63, 3.8) is 0 Å². The molecule has 0 bridgehead atoms. The van der Waals surface area contributed by atoms with E-state index in [0.717, 1.165) is 36.1 Å². The number of carbonyl (C=O) groups is 3. The lowest BCUT2D eigenvalue weighted by Crippen LogP contribution is -2.29. The molecule has 0 aromatic heterocycles. The summed E-state index contributed by atoms with van der Waals surface area (Å²) < 4.78 is 4.69. The quantitative estimate of drug-likeness (QED) is 0.267. The van der Waals surface area contributed by atoms with Gasteiger partial charge in [-0.15, -0.1) is 0 Å². The number of esters is 1. The van der Waals surface area contributed by atoms with Crippen LogP contribution < -0.4 is 9.64 Å². The zero-order valence-electron chi connectivity index (χ0n) is 10.2. The molecule has 0 atom stereocenters. The van der Waals surface area contributed by atoms with Gasteiger partial charge in [0, 0.05) is 25.1 Å². The smallest absolute Gasteiger partial charge is 0.313 e. The first-order chi connectivity index (χ1) is 9.40. The van der Waals surface area contributed by atoms with E-state index < -0.39 is 28.4 Å². The number of carbonyl (C=O) groups excluding carboxylic acids is 3. The summed E-state index contributed by atoms with van der Waals surface area (Å²) in [6.07, 6.45) is 2.13. The number of rotatable bonds is 3. The molecule has 0 unspecified atom stereocenters. The molecule has 0 fully saturated rings. The van der Waals surface area contributed by atoms with Crippen LogP contribution in [0.15, 0.2) is 30.4 Å². The van der Waals surface area contributed by atoms with Gasteiger partial charge in [-0.2, -0.15) is 0 Å². The second-order valence-electron chi connectivity index (χ2n) is 3.85. The molecule has 20 heavy (non-hydrogen) atoms. The Morgan fingerprint density at radius 3 is 2.35 bits per heavy atom. The van der Waals surface area contributed by atoms with Crippen molar-refractivity contribution >= 4 is 29.2 Å². The number of nitro groups is 1. The van der Waals surface area contributed by atoms with E-state index in [4.69, 9.17) is 4.74 Å². The summed E-state index contributed by atoms with van der Waals surface area (Å²) in [5.41, 5.74) is -0.474. The van der Waals surface area contributed by atoms with E-state index in [2.05, 4.69) is 0 Å². The van der Waals surface area contributed by atoms with E-state index in [9.17, 15) is 24.5 Å². The molecule has 0 saturated heterocycles. The monoisotopic (exact) mass is 276 g/mol. The third kappa shape index (κ3) is 2.39. The van der Waals surface area contributed by atoms with Gasteiger partial charge in [-0.1, -0.05) is 0 Å². The van der Waals surface area contributed by atoms with Gasteiger partial charge in [-0.05, 0) is 12.1 Å². The average molecular weight is 276 g/mol. The van der Waals surface area contributed by atoms with Crippen molar-refractivity contribution in [2.75, 3.05) is 4.90 Å². The first kappa shape index (κ1) is 13.4. The number of hydrogen-bond donors (Lipinski definition) is 0. The first-order valence-corrected chi connectivity index (χ1v) is 5.43. The SMILES string of the molecule is CC(=O)Oc1ccc(N2C(=O)C=CC2=O)cc1[N+](=O)[O-]. The molecule has 2 amide bonds. The Morgan fingerprint density at radius 2 is 1.85 bits per heavy atom. The highest BCUT2D eigenvalue weighted by molar-refractivity contribution is 6.28. The minimum atomic E-state index is -0.764. The highest BCUT2D eigenvalue weighted by Crippen LogP contribution is 2.32. The molecular weight excluding hydrogens is 268 g/mol. The van der Waals surface area contributed by atoms with Crippen molar-refractivity contribution in [1.29, 1.82) is 0 Å². The van der Waals surface area contributed by atoms with Gasteiger partial charge >= 0.3 is 11.7 Å². The first-order valence-electron chi connectivity index (χ1n) is 5.43. The van der Waals surface area contributed by atoms with Gasteiger partial charge in [0.2, 0.25) is 5.75 Å². The number of amides is 2. The summed E-state index contributed by atoms with van der Waals surface area (Å²) in [4.78, 5) is 44.8. The fourth-order valence-corrected chi connectivity index (χ4v) is 1.68. The third-order valence-corrected chi connectivity index (χ3v) is 2.46. The van der Waals surface area contributed by atoms with E-state index in [1.807, 2.05) is 0 Å². The van der Waals surface area contributed by atoms with E-state index in [1.165, 1.54) is 6.07 Å². The fraction of sp³-hybridized carbons (Fsp3) is 0.0833. The zero-order valence-corrected chi connectivity index (χ0v) is 10.2. The number of anilines is 1. The molecule has 1 aliphatic rings. The predicted molar refractivity (Wildman–Crippen MR) is 66.0 cm³/mol. The normalized spacial score (nSPS) is 13.8. The van der Waals surface area contributed by atoms with Crippen LogP contribution in [-0.4, -0.2) is 22.7 Å². The van der Waals surface area contributed by atoms with Gasteiger partial charge in [-0.3, -0.25) is 24.5 Å². The van der Waals surface area contributed by atoms with E-state index in [0.29, 0.717) is 0 Å². The molecule has 1 heterocycles. The molecule has 8 nitrogen and oxygen atoms in total. The Bertz CT molecular complexity index is 646. The molecule has 0 aliphatic carbocycles. The van der Waals surface area contributed by atoms with Gasteiger partial charge < -0.3 is 4.74 Å². The number of nitro benzene ring substituents is 1. The second-order valence-corrected chi connectivity index (χ2v) is 3.85. The largest absolute Gasteiger partial charge is 0.419 e. The van der Waals surface area contributed by atoms with Crippen molar-refractivity contribution < 1.29 is 24.0 Å². The molecule has 0 radical (unpaired) electrons. The van der Waals surface area contributed by atoms with Crippen LogP contribution in [0.4, 0.5) is 11.4 Å². The maximum Gasteiger partial charge on any atom is 0.313 e. The molecule has 0 saturated carbocycles. The minimum absolute atomic E-state index is 0.0348. The third-order valence-electron chi connectivity index (χ3n) is 2.46. The lowest BCUT2D eigenvalue weighted by molar-refractivity contribution is -0.385. The average Bonchev–Trinajstić information content (AvgIpc) is 2.69. The number of hydrogen-bond acceptors (Lipinski definition) is 6. The lowest BCUT2D eigenvalue weighted by atomic mass is 10.2. The second kappa shape index (κ2) is 4.92. The topological polar surface area (TPSA) is 107 Å². The number of imide groups is 1. The number of nitrogens with zero attached hydrogens (tertiary/aromatic N) is 2.